The molecule has 3 aromatic heterocycles. The number of carbonyl (C=O) groups is 1. The summed E-state index contributed by atoms with van der Waals surface area (Å²) in [5.74, 6) is 1.03. The fourth-order valence-corrected chi connectivity index (χ4v) is 5.80. The fraction of sp³-hybridized carbons (Fsp3) is 0.467. The van der Waals surface area contributed by atoms with Crippen LogP contribution in [0.1, 0.15) is 37.0 Å². The molecule has 11 nitrogen and oxygen atoms in total. The lowest BCUT2D eigenvalue weighted by atomic mass is 10.1. The smallest absolute Gasteiger partial charge is 0.259 e. The third kappa shape index (κ3) is 5.21. The zero-order valence-corrected chi connectivity index (χ0v) is 24.3. The SMILES string of the molecule is CCn1cc2cc(c1=O)-c1cnn(C)c1OCCC[C@@H](C)Cn1c(nc3ccc(N4CCN(C)CC4)cc31)NC2=O. The largest absolute Gasteiger partial charge is 0.477 e. The van der Waals surface area contributed by atoms with Crippen molar-refractivity contribution in [1.29, 1.82) is 0 Å². The molecule has 1 fully saturated rings. The Morgan fingerprint density at radius 3 is 2.66 bits per heavy atom. The van der Waals surface area contributed by atoms with Gasteiger partial charge >= 0.3 is 0 Å². The van der Waals surface area contributed by atoms with Gasteiger partial charge in [-0.15, -0.1) is 0 Å². The molecule has 1 N–H and O–H groups in total. The summed E-state index contributed by atoms with van der Waals surface area (Å²) in [4.78, 5) is 36.7. The molecule has 1 amide bonds. The number of anilines is 2. The first-order chi connectivity index (χ1) is 19.8. The zero-order chi connectivity index (χ0) is 28.7. The van der Waals surface area contributed by atoms with Crippen LogP contribution in [0.2, 0.25) is 0 Å². The van der Waals surface area contributed by atoms with Crippen molar-refractivity contribution in [3.8, 4) is 17.0 Å². The molecule has 2 aliphatic heterocycles. The van der Waals surface area contributed by atoms with Gasteiger partial charge in [0.15, 0.2) is 0 Å². The van der Waals surface area contributed by atoms with Crippen LogP contribution in [0.15, 0.2) is 41.5 Å². The van der Waals surface area contributed by atoms with E-state index in [1.165, 1.54) is 5.69 Å². The number of likely N-dealkylation sites (N-methyl/N-ethyl adjacent to an activating group) is 1. The van der Waals surface area contributed by atoms with Gasteiger partial charge in [0.1, 0.15) is 0 Å². The molecule has 2 bridgehead atoms. The number of ether oxygens (including phenoxy) is 1. The van der Waals surface area contributed by atoms with Gasteiger partial charge in [0.05, 0.1) is 40.5 Å². The Kier molecular flexibility index (Phi) is 7.29. The Bertz CT molecular complexity index is 1640. The molecule has 1 saturated heterocycles. The summed E-state index contributed by atoms with van der Waals surface area (Å²) in [6, 6.07) is 8.00. The van der Waals surface area contributed by atoms with E-state index in [4.69, 9.17) is 9.72 Å². The lowest BCUT2D eigenvalue weighted by Gasteiger charge is -2.34. The number of amides is 1. The standard InChI is InChI=1S/C30H38N8O3/c1-5-36-19-21-15-23(28(36)40)24-17-31-35(4)29(24)41-14-6-7-20(2)18-38-26-16-22(37-12-10-34(3)11-13-37)8-9-25(26)32-30(38)33-27(21)39/h8-9,15-17,19-20H,5-7,10-14,18H2,1-4H3,(H,32,33,39)/t20-/m1/s1. The highest BCUT2D eigenvalue weighted by Crippen LogP contribution is 2.31. The number of benzene rings is 1. The summed E-state index contributed by atoms with van der Waals surface area (Å²) in [6.07, 6.45) is 5.00. The topological polar surface area (TPSA) is 102 Å². The van der Waals surface area contributed by atoms with Gasteiger partial charge in [-0.05, 0) is 57.0 Å². The Morgan fingerprint density at radius 1 is 1.07 bits per heavy atom. The molecule has 0 aliphatic carbocycles. The first-order valence-electron chi connectivity index (χ1n) is 14.5. The molecule has 1 aromatic carbocycles. The van der Waals surface area contributed by atoms with E-state index in [1.54, 1.807) is 34.8 Å². The lowest BCUT2D eigenvalue weighted by molar-refractivity contribution is 0.102. The van der Waals surface area contributed by atoms with Crippen molar-refractivity contribution in [3.05, 3.63) is 52.6 Å². The third-order valence-corrected chi connectivity index (χ3v) is 8.26. The van der Waals surface area contributed by atoms with Crippen molar-refractivity contribution < 1.29 is 9.53 Å². The third-order valence-electron chi connectivity index (χ3n) is 8.26. The first kappa shape index (κ1) is 27.1. The van der Waals surface area contributed by atoms with Gasteiger partial charge in [-0.1, -0.05) is 6.92 Å². The second kappa shape index (κ2) is 11.0. The predicted octanol–water partition coefficient (Wildman–Crippen LogP) is 3.43. The van der Waals surface area contributed by atoms with Gasteiger partial charge in [-0.3, -0.25) is 14.9 Å². The van der Waals surface area contributed by atoms with Crippen molar-refractivity contribution >= 4 is 28.6 Å². The van der Waals surface area contributed by atoms with Crippen LogP contribution in [0.4, 0.5) is 11.6 Å². The molecule has 216 valence electrons. The molecule has 0 saturated carbocycles. The van der Waals surface area contributed by atoms with E-state index in [-0.39, 0.29) is 11.5 Å². The highest BCUT2D eigenvalue weighted by Gasteiger charge is 2.23. The normalized spacial score (nSPS) is 18.7. The highest BCUT2D eigenvalue weighted by atomic mass is 16.5. The molecule has 11 heteroatoms. The summed E-state index contributed by atoms with van der Waals surface area (Å²) in [5, 5.41) is 7.43. The van der Waals surface area contributed by atoms with Gasteiger partial charge in [0, 0.05) is 58.2 Å². The number of nitrogens with one attached hydrogen (secondary N) is 1. The van der Waals surface area contributed by atoms with Crippen LogP contribution in [0.25, 0.3) is 22.2 Å². The van der Waals surface area contributed by atoms with Crippen LogP contribution < -0.4 is 20.5 Å². The number of carbonyl (C=O) groups excluding carboxylic acids is 1. The van der Waals surface area contributed by atoms with Gasteiger partial charge in [0.2, 0.25) is 11.8 Å². The second-order valence-corrected chi connectivity index (χ2v) is 11.3. The van der Waals surface area contributed by atoms with Crippen LogP contribution in [0.3, 0.4) is 0 Å². The Hall–Kier alpha value is -4.12. The van der Waals surface area contributed by atoms with Crippen LogP contribution in [0.5, 0.6) is 5.88 Å². The summed E-state index contributed by atoms with van der Waals surface area (Å²) < 4.78 is 11.5. The van der Waals surface area contributed by atoms with E-state index >= 15 is 0 Å². The van der Waals surface area contributed by atoms with E-state index in [0.29, 0.717) is 54.1 Å². The average molecular weight is 559 g/mol. The molecule has 0 spiro atoms. The number of aromatic nitrogens is 5. The van der Waals surface area contributed by atoms with E-state index in [9.17, 15) is 9.59 Å². The minimum Gasteiger partial charge on any atom is -0.477 e. The first-order valence-corrected chi connectivity index (χ1v) is 14.5. The van der Waals surface area contributed by atoms with E-state index < -0.39 is 0 Å². The lowest BCUT2D eigenvalue weighted by Crippen LogP contribution is -2.44. The number of hydrogen-bond acceptors (Lipinski definition) is 7. The maximum atomic E-state index is 13.7. The molecule has 4 aromatic rings. The second-order valence-electron chi connectivity index (χ2n) is 11.3. The molecular formula is C30H38N8O3. The highest BCUT2D eigenvalue weighted by molar-refractivity contribution is 6.04. The van der Waals surface area contributed by atoms with E-state index in [1.807, 2.05) is 13.0 Å². The summed E-state index contributed by atoms with van der Waals surface area (Å²) in [7, 11) is 3.95. The van der Waals surface area contributed by atoms with E-state index in [0.717, 1.165) is 50.1 Å². The van der Waals surface area contributed by atoms with Crippen LogP contribution >= 0.6 is 0 Å². The number of imidazole rings is 1. The van der Waals surface area contributed by atoms with Crippen LogP contribution in [0, 0.1) is 5.92 Å². The number of nitrogens with zero attached hydrogens (tertiary/aromatic N) is 7. The van der Waals surface area contributed by atoms with Crippen molar-refractivity contribution in [2.75, 3.05) is 50.1 Å². The molecule has 0 unspecified atom stereocenters. The minimum atomic E-state index is -0.321. The summed E-state index contributed by atoms with van der Waals surface area (Å²) >= 11 is 0. The number of hydrogen-bond donors (Lipinski definition) is 1. The molecule has 41 heavy (non-hydrogen) atoms. The Morgan fingerprint density at radius 2 is 1.88 bits per heavy atom. The van der Waals surface area contributed by atoms with Gasteiger partial charge in [-0.25, -0.2) is 9.67 Å². The molecule has 2 aliphatic rings. The fourth-order valence-electron chi connectivity index (χ4n) is 5.80. The van der Waals surface area contributed by atoms with Gasteiger partial charge in [0.25, 0.3) is 11.5 Å². The number of rotatable bonds is 2. The molecule has 0 radical (unpaired) electrons. The molecule has 6 rings (SSSR count). The maximum Gasteiger partial charge on any atom is 0.259 e. The van der Waals surface area contributed by atoms with Crippen LogP contribution in [-0.2, 0) is 20.1 Å². The van der Waals surface area contributed by atoms with E-state index in [2.05, 4.69) is 50.9 Å². The van der Waals surface area contributed by atoms with Crippen molar-refractivity contribution in [2.24, 2.45) is 13.0 Å². The maximum absolute atomic E-state index is 13.7. The summed E-state index contributed by atoms with van der Waals surface area (Å²) in [5.41, 5.74) is 4.16. The van der Waals surface area contributed by atoms with Gasteiger partial charge < -0.3 is 23.7 Å². The Balaban J connectivity index is 1.44. The zero-order valence-electron chi connectivity index (χ0n) is 24.3. The molecule has 5 heterocycles. The number of aryl methyl sites for hydroxylation is 2. The molecular weight excluding hydrogens is 520 g/mol. The van der Waals surface area contributed by atoms with Crippen molar-refractivity contribution in [2.45, 2.75) is 39.8 Å². The average Bonchev–Trinajstić information content (AvgIpc) is 3.49. The Labute approximate surface area is 239 Å². The minimum absolute atomic E-state index is 0.191. The van der Waals surface area contributed by atoms with Crippen molar-refractivity contribution in [3.63, 3.8) is 0 Å². The number of pyridine rings is 1. The van der Waals surface area contributed by atoms with Crippen LogP contribution in [-0.4, -0.2) is 74.5 Å². The monoisotopic (exact) mass is 558 g/mol. The van der Waals surface area contributed by atoms with Crippen molar-refractivity contribution in [1.82, 2.24) is 28.8 Å². The quantitative estimate of drug-likeness (QED) is 0.402. The summed E-state index contributed by atoms with van der Waals surface area (Å²) in [6.45, 7) is 9.73. The van der Waals surface area contributed by atoms with Gasteiger partial charge in [-0.2, -0.15) is 5.10 Å². The number of piperazine rings is 1. The predicted molar refractivity (Wildman–Crippen MR) is 160 cm³/mol. The number of fused-ring (bicyclic) bond motifs is 7. The molecule has 1 atom stereocenters.